The molecule has 6 heteroatoms. The van der Waals surface area contributed by atoms with Crippen LogP contribution < -0.4 is 10.2 Å². The number of aromatic nitrogens is 2. The van der Waals surface area contributed by atoms with Crippen LogP contribution in [0.25, 0.3) is 6.08 Å². The summed E-state index contributed by atoms with van der Waals surface area (Å²) in [4.78, 5) is 10.8. The number of hydrogen-bond donors (Lipinski definition) is 2. The molecule has 1 aliphatic heterocycles. The minimum absolute atomic E-state index is 0.469. The van der Waals surface area contributed by atoms with Crippen LogP contribution in [0.15, 0.2) is 18.1 Å². The van der Waals surface area contributed by atoms with E-state index in [1.807, 2.05) is 19.1 Å². The molecule has 1 aromatic heterocycles. The van der Waals surface area contributed by atoms with E-state index < -0.39 is 0 Å². The molecule has 6 nitrogen and oxygen atoms in total. The van der Waals surface area contributed by atoms with Crippen molar-refractivity contribution in [1.29, 1.82) is 5.41 Å². The highest BCUT2D eigenvalue weighted by atomic mass is 16.5. The number of anilines is 1. The molecule has 0 unspecified atom stereocenters. The average Bonchev–Trinajstić information content (AvgIpc) is 2.48. The molecule has 1 aliphatic rings. The van der Waals surface area contributed by atoms with E-state index in [4.69, 9.17) is 10.1 Å². The van der Waals surface area contributed by atoms with Crippen molar-refractivity contribution in [3.63, 3.8) is 0 Å². The third-order valence-electron chi connectivity index (χ3n) is 3.44. The maximum Gasteiger partial charge on any atom is 0.132 e. The predicted molar refractivity (Wildman–Crippen MR) is 79.8 cm³/mol. The molecule has 1 saturated heterocycles. The fourth-order valence-electron chi connectivity index (χ4n) is 2.27. The lowest BCUT2D eigenvalue weighted by molar-refractivity contribution is 0.0853. The SMILES string of the molecule is C/C(=C\c1cc(N(C)C2CCOCC2)ncn1)NC=N. The van der Waals surface area contributed by atoms with Gasteiger partial charge in [0.05, 0.1) is 12.0 Å². The number of nitrogens with one attached hydrogen (secondary N) is 2. The maximum atomic E-state index is 7.01. The van der Waals surface area contributed by atoms with Crippen LogP contribution in [0.5, 0.6) is 0 Å². The highest BCUT2D eigenvalue weighted by molar-refractivity contribution is 5.60. The van der Waals surface area contributed by atoms with Crippen molar-refractivity contribution in [2.45, 2.75) is 25.8 Å². The van der Waals surface area contributed by atoms with Crippen LogP contribution in [0.2, 0.25) is 0 Å². The van der Waals surface area contributed by atoms with Crippen molar-refractivity contribution in [2.24, 2.45) is 0 Å². The van der Waals surface area contributed by atoms with Crippen LogP contribution in [-0.4, -0.2) is 42.6 Å². The van der Waals surface area contributed by atoms with E-state index in [2.05, 4.69) is 27.2 Å². The lowest BCUT2D eigenvalue weighted by Gasteiger charge is -2.32. The summed E-state index contributed by atoms with van der Waals surface area (Å²) < 4.78 is 5.39. The molecule has 108 valence electrons. The summed E-state index contributed by atoms with van der Waals surface area (Å²) in [5.41, 5.74) is 1.71. The largest absolute Gasteiger partial charge is 0.381 e. The lowest BCUT2D eigenvalue weighted by atomic mass is 10.1. The average molecular weight is 275 g/mol. The summed E-state index contributed by atoms with van der Waals surface area (Å²) >= 11 is 0. The third kappa shape index (κ3) is 3.77. The zero-order valence-corrected chi connectivity index (χ0v) is 12.0. The molecule has 0 radical (unpaired) electrons. The normalized spacial score (nSPS) is 16.8. The molecule has 0 aromatic carbocycles. The van der Waals surface area contributed by atoms with Gasteiger partial charge in [-0.1, -0.05) is 0 Å². The molecule has 1 fully saturated rings. The predicted octanol–water partition coefficient (Wildman–Crippen LogP) is 1.65. The van der Waals surface area contributed by atoms with Crippen molar-refractivity contribution in [3.05, 3.63) is 23.8 Å². The van der Waals surface area contributed by atoms with Gasteiger partial charge in [-0.3, -0.25) is 5.41 Å². The van der Waals surface area contributed by atoms with E-state index in [-0.39, 0.29) is 0 Å². The van der Waals surface area contributed by atoms with Crippen LogP contribution in [-0.2, 0) is 4.74 Å². The van der Waals surface area contributed by atoms with E-state index >= 15 is 0 Å². The Kier molecular flexibility index (Phi) is 5.06. The van der Waals surface area contributed by atoms with E-state index in [0.717, 1.165) is 49.6 Å². The number of rotatable bonds is 5. The van der Waals surface area contributed by atoms with Gasteiger partial charge in [0.2, 0.25) is 0 Å². The van der Waals surface area contributed by atoms with Gasteiger partial charge in [0.25, 0.3) is 0 Å². The highest BCUT2D eigenvalue weighted by Gasteiger charge is 2.19. The van der Waals surface area contributed by atoms with Crippen LogP contribution >= 0.6 is 0 Å². The second-order valence-electron chi connectivity index (χ2n) is 4.87. The number of hydrogen-bond acceptors (Lipinski definition) is 5. The zero-order chi connectivity index (χ0) is 14.4. The first-order valence-corrected chi connectivity index (χ1v) is 6.77. The van der Waals surface area contributed by atoms with Crippen molar-refractivity contribution < 1.29 is 4.74 Å². The standard InChI is InChI=1S/C14H21N5O/c1-11(16-9-15)7-12-8-14(18-10-17-12)19(2)13-3-5-20-6-4-13/h7-10,13H,3-6H2,1-2H3,(H2,15,16)/b11-7+. The molecule has 2 rings (SSSR count). The quantitative estimate of drug-likeness (QED) is 0.631. The Morgan fingerprint density at radius 1 is 1.45 bits per heavy atom. The van der Waals surface area contributed by atoms with Crippen molar-refractivity contribution >= 4 is 18.2 Å². The topological polar surface area (TPSA) is 74.1 Å². The van der Waals surface area contributed by atoms with Gasteiger partial charge >= 0.3 is 0 Å². The molecule has 0 atom stereocenters. The number of ether oxygens (including phenoxy) is 1. The molecule has 0 amide bonds. The van der Waals surface area contributed by atoms with Crippen molar-refractivity contribution in [2.75, 3.05) is 25.2 Å². The Morgan fingerprint density at radius 2 is 2.20 bits per heavy atom. The minimum atomic E-state index is 0.469. The van der Waals surface area contributed by atoms with Gasteiger partial charge < -0.3 is 15.0 Å². The van der Waals surface area contributed by atoms with Gasteiger partial charge in [-0.15, -0.1) is 0 Å². The Hall–Kier alpha value is -1.95. The summed E-state index contributed by atoms with van der Waals surface area (Å²) in [6.07, 6.45) is 6.69. The molecular formula is C14H21N5O. The summed E-state index contributed by atoms with van der Waals surface area (Å²) in [6, 6.07) is 2.43. The van der Waals surface area contributed by atoms with Gasteiger partial charge in [-0.25, -0.2) is 9.97 Å². The smallest absolute Gasteiger partial charge is 0.132 e. The van der Waals surface area contributed by atoms with Crippen LogP contribution in [0.4, 0.5) is 5.82 Å². The van der Waals surface area contributed by atoms with Gasteiger partial charge in [0, 0.05) is 38.1 Å². The maximum absolute atomic E-state index is 7.01. The third-order valence-corrected chi connectivity index (χ3v) is 3.44. The first-order valence-electron chi connectivity index (χ1n) is 6.77. The minimum Gasteiger partial charge on any atom is -0.381 e. The summed E-state index contributed by atoms with van der Waals surface area (Å²) in [5, 5.41) is 9.83. The fourth-order valence-corrected chi connectivity index (χ4v) is 2.27. The second kappa shape index (κ2) is 7.00. The van der Waals surface area contributed by atoms with Crippen molar-refractivity contribution in [1.82, 2.24) is 15.3 Å². The molecule has 1 aromatic rings. The summed E-state index contributed by atoms with van der Waals surface area (Å²) in [6.45, 7) is 3.53. The van der Waals surface area contributed by atoms with Gasteiger partial charge in [0.1, 0.15) is 12.1 Å². The second-order valence-corrected chi connectivity index (χ2v) is 4.87. The molecule has 0 bridgehead atoms. The Balaban J connectivity index is 2.12. The number of allylic oxidation sites excluding steroid dienone is 1. The van der Waals surface area contributed by atoms with E-state index in [9.17, 15) is 0 Å². The van der Waals surface area contributed by atoms with Gasteiger partial charge in [-0.2, -0.15) is 0 Å². The van der Waals surface area contributed by atoms with E-state index in [1.165, 1.54) is 0 Å². The molecule has 2 heterocycles. The Labute approximate surface area is 119 Å². The zero-order valence-electron chi connectivity index (χ0n) is 12.0. The monoisotopic (exact) mass is 275 g/mol. The van der Waals surface area contributed by atoms with E-state index in [0.29, 0.717) is 6.04 Å². The first-order chi connectivity index (χ1) is 9.70. The fraction of sp³-hybridized carbons (Fsp3) is 0.500. The van der Waals surface area contributed by atoms with Crippen LogP contribution in [0.1, 0.15) is 25.5 Å². The molecule has 0 aliphatic carbocycles. The Morgan fingerprint density at radius 3 is 2.90 bits per heavy atom. The Bertz CT molecular complexity index is 482. The summed E-state index contributed by atoms with van der Waals surface area (Å²) in [5.74, 6) is 0.917. The van der Waals surface area contributed by atoms with Crippen LogP contribution in [0, 0.1) is 5.41 Å². The molecule has 20 heavy (non-hydrogen) atoms. The first kappa shape index (κ1) is 14.5. The lowest BCUT2D eigenvalue weighted by Crippen LogP contribution is -2.37. The number of nitrogens with zero attached hydrogens (tertiary/aromatic N) is 3. The summed E-state index contributed by atoms with van der Waals surface area (Å²) in [7, 11) is 2.06. The molecule has 0 spiro atoms. The van der Waals surface area contributed by atoms with Crippen molar-refractivity contribution in [3.8, 4) is 0 Å². The highest BCUT2D eigenvalue weighted by Crippen LogP contribution is 2.19. The van der Waals surface area contributed by atoms with Gasteiger partial charge in [0.15, 0.2) is 0 Å². The molecule has 0 saturated carbocycles. The van der Waals surface area contributed by atoms with Crippen LogP contribution in [0.3, 0.4) is 0 Å². The molecule has 2 N–H and O–H groups in total. The van der Waals surface area contributed by atoms with Gasteiger partial charge in [-0.05, 0) is 25.8 Å². The molecular weight excluding hydrogens is 254 g/mol. The van der Waals surface area contributed by atoms with E-state index in [1.54, 1.807) is 6.33 Å².